The van der Waals surface area contributed by atoms with Gasteiger partial charge in [0.05, 0.1) is 16.7 Å². The van der Waals surface area contributed by atoms with Crippen LogP contribution in [0.25, 0.3) is 0 Å². The molecule has 3 heteroatoms. The molecule has 0 saturated heterocycles. The second-order valence-electron chi connectivity index (χ2n) is 2.86. The molecule has 0 radical (unpaired) electrons. The number of aryl methyl sites for hydroxylation is 1. The molecule has 70 valence electrons. The molecule has 1 aromatic rings. The van der Waals surface area contributed by atoms with Crippen LogP contribution in [0.4, 0.5) is 0 Å². The summed E-state index contributed by atoms with van der Waals surface area (Å²) in [4.78, 5) is 4.42. The van der Waals surface area contributed by atoms with Crippen LogP contribution in [0.2, 0.25) is 0 Å². The van der Waals surface area contributed by atoms with Crippen LogP contribution < -0.4 is 5.32 Å². The number of nitrogens with one attached hydrogen (secondary N) is 1. The molecule has 2 nitrogen and oxygen atoms in total. The smallest absolute Gasteiger partial charge is 0.0926 e. The number of aromatic nitrogens is 1. The first-order valence-corrected chi connectivity index (χ1v) is 5.27. The maximum Gasteiger partial charge on any atom is 0.0926 e. The Morgan fingerprint density at radius 2 is 2.54 bits per heavy atom. The summed E-state index contributed by atoms with van der Waals surface area (Å²) in [6.07, 6.45) is 6.25. The lowest BCUT2D eigenvalue weighted by atomic mass is 10.3. The van der Waals surface area contributed by atoms with Gasteiger partial charge in [0.2, 0.25) is 0 Å². The van der Waals surface area contributed by atoms with E-state index in [-0.39, 0.29) is 6.04 Å². The van der Waals surface area contributed by atoms with Crippen molar-refractivity contribution in [3.05, 3.63) is 16.1 Å². The Hall–Kier alpha value is -0.850. The fourth-order valence-electron chi connectivity index (χ4n) is 0.909. The predicted molar refractivity (Wildman–Crippen MR) is 56.6 cm³/mol. The number of hydrogen-bond donors (Lipinski definition) is 1. The molecule has 0 bridgehead atoms. The van der Waals surface area contributed by atoms with Crippen LogP contribution in [0.1, 0.15) is 24.5 Å². The summed E-state index contributed by atoms with van der Waals surface area (Å²) in [6.45, 7) is 4.84. The van der Waals surface area contributed by atoms with E-state index in [0.717, 1.165) is 18.7 Å². The second kappa shape index (κ2) is 5.00. The van der Waals surface area contributed by atoms with Gasteiger partial charge in [-0.1, -0.05) is 12.8 Å². The van der Waals surface area contributed by atoms with Gasteiger partial charge in [0.1, 0.15) is 0 Å². The lowest BCUT2D eigenvalue weighted by Gasteiger charge is -2.03. The normalized spacial score (nSPS) is 12.4. The van der Waals surface area contributed by atoms with Gasteiger partial charge in [0.25, 0.3) is 0 Å². The highest BCUT2D eigenvalue weighted by Gasteiger charge is 2.01. The van der Waals surface area contributed by atoms with E-state index in [1.165, 1.54) is 5.01 Å². The summed E-state index contributed by atoms with van der Waals surface area (Å²) in [5, 5.41) is 6.46. The summed E-state index contributed by atoms with van der Waals surface area (Å²) in [7, 11) is 0. The summed E-state index contributed by atoms with van der Waals surface area (Å²) in [5.41, 5.74) is 1.09. The van der Waals surface area contributed by atoms with Crippen LogP contribution in [0.15, 0.2) is 5.38 Å². The molecular weight excluding hydrogens is 180 g/mol. The van der Waals surface area contributed by atoms with Gasteiger partial charge in [0, 0.05) is 11.9 Å². The predicted octanol–water partition coefficient (Wildman–Crippen LogP) is 1.82. The van der Waals surface area contributed by atoms with Crippen molar-refractivity contribution in [1.82, 2.24) is 10.3 Å². The zero-order chi connectivity index (χ0) is 9.68. The van der Waals surface area contributed by atoms with E-state index in [9.17, 15) is 0 Å². The molecule has 0 aliphatic rings. The molecule has 1 atom stereocenters. The first-order valence-electron chi connectivity index (χ1n) is 4.39. The number of thiazole rings is 1. The van der Waals surface area contributed by atoms with Crippen LogP contribution in [-0.4, -0.2) is 11.0 Å². The van der Waals surface area contributed by atoms with Crippen molar-refractivity contribution in [3.63, 3.8) is 0 Å². The fourth-order valence-corrected chi connectivity index (χ4v) is 1.65. The van der Waals surface area contributed by atoms with Crippen LogP contribution >= 0.6 is 11.3 Å². The minimum absolute atomic E-state index is 0.117. The lowest BCUT2D eigenvalue weighted by molar-refractivity contribution is 0.639. The molecule has 1 N–H and O–H groups in total. The number of rotatable bonds is 4. The second-order valence-corrected chi connectivity index (χ2v) is 3.80. The maximum atomic E-state index is 5.24. The molecule has 1 aromatic heterocycles. The lowest BCUT2D eigenvalue weighted by Crippen LogP contribution is -2.23. The number of nitrogens with zero attached hydrogens (tertiary/aromatic N) is 1. The Morgan fingerprint density at radius 1 is 1.77 bits per heavy atom. The molecule has 0 saturated carbocycles. The third kappa shape index (κ3) is 3.17. The van der Waals surface area contributed by atoms with Crippen LogP contribution in [0.3, 0.4) is 0 Å². The molecule has 13 heavy (non-hydrogen) atoms. The SMILES string of the molecule is C#CC(C)NCc1csc(CC)n1. The highest BCUT2D eigenvalue weighted by atomic mass is 32.1. The van der Waals surface area contributed by atoms with E-state index in [0.29, 0.717) is 0 Å². The first-order chi connectivity index (χ1) is 6.26. The van der Waals surface area contributed by atoms with E-state index < -0.39 is 0 Å². The van der Waals surface area contributed by atoms with Gasteiger partial charge >= 0.3 is 0 Å². The van der Waals surface area contributed by atoms with Gasteiger partial charge in [-0.05, 0) is 13.3 Å². The number of hydrogen-bond acceptors (Lipinski definition) is 3. The van der Waals surface area contributed by atoms with E-state index in [1.807, 2.05) is 6.92 Å². The van der Waals surface area contributed by atoms with Gasteiger partial charge < -0.3 is 0 Å². The van der Waals surface area contributed by atoms with E-state index in [2.05, 4.69) is 28.5 Å². The molecule has 0 fully saturated rings. The molecule has 1 heterocycles. The van der Waals surface area contributed by atoms with Crippen molar-refractivity contribution in [2.45, 2.75) is 32.9 Å². The zero-order valence-electron chi connectivity index (χ0n) is 8.00. The van der Waals surface area contributed by atoms with Crippen molar-refractivity contribution in [2.75, 3.05) is 0 Å². The Bertz CT molecular complexity index is 298. The van der Waals surface area contributed by atoms with Crippen LogP contribution in [0, 0.1) is 12.3 Å². The molecule has 1 rings (SSSR count). The molecule has 1 unspecified atom stereocenters. The van der Waals surface area contributed by atoms with Gasteiger partial charge in [0.15, 0.2) is 0 Å². The van der Waals surface area contributed by atoms with Crippen molar-refractivity contribution < 1.29 is 0 Å². The molecule has 0 spiro atoms. The molecule has 0 aliphatic heterocycles. The quantitative estimate of drug-likeness (QED) is 0.739. The van der Waals surface area contributed by atoms with Crippen molar-refractivity contribution >= 4 is 11.3 Å². The van der Waals surface area contributed by atoms with Gasteiger partial charge in [-0.2, -0.15) is 0 Å². The average molecular weight is 194 g/mol. The zero-order valence-corrected chi connectivity index (χ0v) is 8.82. The Labute approximate surface area is 83.4 Å². The maximum absolute atomic E-state index is 5.24. The molecule has 0 aliphatic carbocycles. The summed E-state index contributed by atoms with van der Waals surface area (Å²) in [6, 6.07) is 0.117. The fraction of sp³-hybridized carbons (Fsp3) is 0.500. The minimum Gasteiger partial charge on any atom is -0.298 e. The Balaban J connectivity index is 2.42. The average Bonchev–Trinajstić information content (AvgIpc) is 2.61. The van der Waals surface area contributed by atoms with Gasteiger partial charge in [-0.25, -0.2) is 4.98 Å². The summed E-state index contributed by atoms with van der Waals surface area (Å²) in [5.74, 6) is 2.62. The topological polar surface area (TPSA) is 24.9 Å². The summed E-state index contributed by atoms with van der Waals surface area (Å²) < 4.78 is 0. The van der Waals surface area contributed by atoms with Gasteiger partial charge in [-0.3, -0.25) is 5.32 Å². The molecule has 0 amide bonds. The van der Waals surface area contributed by atoms with Crippen molar-refractivity contribution in [3.8, 4) is 12.3 Å². The third-order valence-electron chi connectivity index (χ3n) is 1.74. The standard InChI is InChI=1S/C10H14N2S/c1-4-8(3)11-6-9-7-13-10(5-2)12-9/h1,7-8,11H,5-6H2,2-3H3. The largest absolute Gasteiger partial charge is 0.298 e. The first kappa shape index (κ1) is 10.2. The Morgan fingerprint density at radius 3 is 3.08 bits per heavy atom. The monoisotopic (exact) mass is 194 g/mol. The minimum atomic E-state index is 0.117. The van der Waals surface area contributed by atoms with Gasteiger partial charge in [-0.15, -0.1) is 17.8 Å². The van der Waals surface area contributed by atoms with E-state index in [4.69, 9.17) is 6.42 Å². The van der Waals surface area contributed by atoms with E-state index >= 15 is 0 Å². The van der Waals surface area contributed by atoms with Crippen LogP contribution in [-0.2, 0) is 13.0 Å². The van der Waals surface area contributed by atoms with Crippen molar-refractivity contribution in [1.29, 1.82) is 0 Å². The number of terminal acetylenes is 1. The molecular formula is C10H14N2S. The summed E-state index contributed by atoms with van der Waals surface area (Å²) >= 11 is 1.71. The van der Waals surface area contributed by atoms with Crippen LogP contribution in [0.5, 0.6) is 0 Å². The third-order valence-corrected chi connectivity index (χ3v) is 2.78. The molecule has 0 aromatic carbocycles. The highest BCUT2D eigenvalue weighted by Crippen LogP contribution is 2.09. The Kier molecular flexibility index (Phi) is 3.94. The highest BCUT2D eigenvalue weighted by molar-refractivity contribution is 7.09. The van der Waals surface area contributed by atoms with E-state index in [1.54, 1.807) is 11.3 Å². The van der Waals surface area contributed by atoms with Crippen molar-refractivity contribution in [2.24, 2.45) is 0 Å².